The second-order valence-electron chi connectivity index (χ2n) is 9.10. The Morgan fingerprint density at radius 3 is 0.929 bits per heavy atom. The van der Waals surface area contributed by atoms with E-state index in [1.54, 1.807) is 0 Å². The van der Waals surface area contributed by atoms with Crippen LogP contribution < -0.4 is 0 Å². The highest BCUT2D eigenvalue weighted by Gasteiger charge is 2.02. The molecule has 0 bridgehead atoms. The van der Waals surface area contributed by atoms with Crippen LogP contribution in [0, 0.1) is 0 Å². The van der Waals surface area contributed by atoms with Gasteiger partial charge >= 0.3 is 5.97 Å². The van der Waals surface area contributed by atoms with Crippen molar-refractivity contribution in [1.82, 2.24) is 0 Å². The Hall–Kier alpha value is -0.530. The zero-order chi connectivity index (χ0) is 20.0. The fourth-order valence-electron chi connectivity index (χ4n) is 4.34. The summed E-state index contributed by atoms with van der Waals surface area (Å²) >= 11 is 0. The van der Waals surface area contributed by atoms with Gasteiger partial charge < -0.3 is 4.74 Å². The Kier molecular flexibility index (Phi) is 19.3. The van der Waals surface area contributed by atoms with E-state index < -0.39 is 0 Å². The van der Waals surface area contributed by atoms with Crippen molar-refractivity contribution in [3.63, 3.8) is 0 Å². The highest BCUT2D eigenvalue weighted by Crippen LogP contribution is 2.16. The number of ether oxygens (including phenoxy) is 1. The standard InChI is InChI=1S/C26H50O2/c27-26-24-22-20-18-16-14-12-10-8-6-4-2-1-3-5-7-9-11-13-15-17-19-21-23-25-28-26/h1-25H2. The molecule has 0 spiro atoms. The maximum absolute atomic E-state index is 11.7. The SMILES string of the molecule is O=C1CCCCCCCCCCCCCCCCCCCCCCCCCO1. The number of carbonyl (C=O) groups excluding carboxylic acids is 1. The third-order valence-corrected chi connectivity index (χ3v) is 6.29. The van der Waals surface area contributed by atoms with Crippen LogP contribution in [0.5, 0.6) is 0 Å². The molecule has 1 aliphatic heterocycles. The maximum atomic E-state index is 11.7. The van der Waals surface area contributed by atoms with Crippen molar-refractivity contribution in [2.75, 3.05) is 6.61 Å². The van der Waals surface area contributed by atoms with E-state index in [4.69, 9.17) is 4.74 Å². The van der Waals surface area contributed by atoms with Crippen LogP contribution in [0.2, 0.25) is 0 Å². The summed E-state index contributed by atoms with van der Waals surface area (Å²) in [5.41, 5.74) is 0. The molecule has 0 aromatic carbocycles. The second kappa shape index (κ2) is 21.2. The monoisotopic (exact) mass is 394 g/mol. The molecular formula is C26H50O2. The summed E-state index contributed by atoms with van der Waals surface area (Å²) in [6, 6.07) is 0. The van der Waals surface area contributed by atoms with Crippen LogP contribution in [-0.4, -0.2) is 12.6 Å². The fourth-order valence-corrected chi connectivity index (χ4v) is 4.34. The second-order valence-corrected chi connectivity index (χ2v) is 9.10. The molecule has 0 aromatic rings. The van der Waals surface area contributed by atoms with Gasteiger partial charge in [-0.2, -0.15) is 0 Å². The van der Waals surface area contributed by atoms with Crippen molar-refractivity contribution in [2.45, 2.75) is 154 Å². The van der Waals surface area contributed by atoms with E-state index in [0.717, 1.165) is 12.8 Å². The minimum absolute atomic E-state index is 0.0253. The molecule has 0 aliphatic carbocycles. The summed E-state index contributed by atoms with van der Waals surface area (Å²) < 4.78 is 5.37. The molecule has 1 saturated heterocycles. The van der Waals surface area contributed by atoms with Crippen LogP contribution in [0.25, 0.3) is 0 Å². The number of cyclic esters (lactones) is 1. The van der Waals surface area contributed by atoms with E-state index in [9.17, 15) is 4.79 Å². The highest BCUT2D eigenvalue weighted by atomic mass is 16.5. The smallest absolute Gasteiger partial charge is 0.305 e. The van der Waals surface area contributed by atoms with Crippen molar-refractivity contribution in [3.05, 3.63) is 0 Å². The molecule has 1 aliphatic rings. The molecule has 0 N–H and O–H groups in total. The average molecular weight is 395 g/mol. The van der Waals surface area contributed by atoms with Gasteiger partial charge in [-0.15, -0.1) is 0 Å². The molecule has 2 nitrogen and oxygen atoms in total. The van der Waals surface area contributed by atoms with Gasteiger partial charge in [0.25, 0.3) is 0 Å². The molecule has 28 heavy (non-hydrogen) atoms. The topological polar surface area (TPSA) is 26.3 Å². The first kappa shape index (κ1) is 25.5. The van der Waals surface area contributed by atoms with E-state index >= 15 is 0 Å². The molecule has 0 unspecified atom stereocenters. The third kappa shape index (κ3) is 18.8. The lowest BCUT2D eigenvalue weighted by molar-refractivity contribution is -0.143. The largest absolute Gasteiger partial charge is 0.466 e. The molecule has 1 heterocycles. The van der Waals surface area contributed by atoms with E-state index in [2.05, 4.69) is 0 Å². The molecule has 0 aromatic heterocycles. The molecule has 2 heteroatoms. The Morgan fingerprint density at radius 2 is 0.607 bits per heavy atom. The quantitative estimate of drug-likeness (QED) is 0.383. The summed E-state index contributed by atoms with van der Waals surface area (Å²) in [6.45, 7) is 0.638. The van der Waals surface area contributed by atoms with Crippen molar-refractivity contribution in [2.24, 2.45) is 0 Å². The Labute approximate surface area is 176 Å². The van der Waals surface area contributed by atoms with Crippen molar-refractivity contribution < 1.29 is 9.53 Å². The minimum Gasteiger partial charge on any atom is -0.466 e. The summed E-state index contributed by atoms with van der Waals surface area (Å²) in [7, 11) is 0. The highest BCUT2D eigenvalue weighted by molar-refractivity contribution is 5.69. The van der Waals surface area contributed by atoms with Crippen molar-refractivity contribution >= 4 is 5.97 Å². The van der Waals surface area contributed by atoms with Gasteiger partial charge in [0.2, 0.25) is 0 Å². The molecule has 0 amide bonds. The normalized spacial score (nSPS) is 23.4. The Bertz CT molecular complexity index is 296. The lowest BCUT2D eigenvalue weighted by Crippen LogP contribution is -2.05. The van der Waals surface area contributed by atoms with Gasteiger partial charge in [-0.05, 0) is 12.8 Å². The minimum atomic E-state index is 0.0253. The lowest BCUT2D eigenvalue weighted by atomic mass is 10.0. The zero-order valence-corrected chi connectivity index (χ0v) is 19.0. The molecule has 166 valence electrons. The van der Waals surface area contributed by atoms with E-state index in [1.165, 1.54) is 135 Å². The Morgan fingerprint density at radius 1 is 0.357 bits per heavy atom. The number of rotatable bonds is 0. The molecule has 1 fully saturated rings. The first-order valence-electron chi connectivity index (χ1n) is 13.1. The van der Waals surface area contributed by atoms with Gasteiger partial charge in [-0.25, -0.2) is 0 Å². The molecule has 0 radical (unpaired) electrons. The molecule has 0 saturated carbocycles. The number of esters is 1. The molecular weight excluding hydrogens is 344 g/mol. The zero-order valence-electron chi connectivity index (χ0n) is 19.0. The number of hydrogen-bond acceptors (Lipinski definition) is 2. The summed E-state index contributed by atoms with van der Waals surface area (Å²) in [5.74, 6) is 0.0253. The molecule has 0 atom stereocenters. The van der Waals surface area contributed by atoms with Gasteiger partial charge in [-0.3, -0.25) is 4.79 Å². The van der Waals surface area contributed by atoms with E-state index in [1.807, 2.05) is 0 Å². The van der Waals surface area contributed by atoms with Gasteiger partial charge in [-0.1, -0.05) is 135 Å². The van der Waals surface area contributed by atoms with E-state index in [-0.39, 0.29) is 5.97 Å². The number of hydrogen-bond donors (Lipinski definition) is 0. The predicted molar refractivity (Wildman–Crippen MR) is 122 cm³/mol. The van der Waals surface area contributed by atoms with Gasteiger partial charge in [0.05, 0.1) is 6.61 Å². The number of carbonyl (C=O) groups is 1. The Balaban J connectivity index is 2.07. The summed E-state index contributed by atoms with van der Waals surface area (Å²) in [5, 5.41) is 0. The summed E-state index contributed by atoms with van der Waals surface area (Å²) in [6.07, 6.45) is 31.9. The lowest BCUT2D eigenvalue weighted by Gasteiger charge is -2.05. The van der Waals surface area contributed by atoms with E-state index in [0.29, 0.717) is 13.0 Å². The van der Waals surface area contributed by atoms with Gasteiger partial charge in [0, 0.05) is 6.42 Å². The van der Waals surface area contributed by atoms with Crippen LogP contribution in [0.3, 0.4) is 0 Å². The third-order valence-electron chi connectivity index (χ3n) is 6.29. The van der Waals surface area contributed by atoms with Gasteiger partial charge in [0.1, 0.15) is 0 Å². The summed E-state index contributed by atoms with van der Waals surface area (Å²) in [4.78, 5) is 11.7. The average Bonchev–Trinajstić information content (AvgIpc) is 2.70. The van der Waals surface area contributed by atoms with Crippen LogP contribution in [0.15, 0.2) is 0 Å². The van der Waals surface area contributed by atoms with Crippen LogP contribution >= 0.6 is 0 Å². The fraction of sp³-hybridized carbons (Fsp3) is 0.962. The first-order valence-corrected chi connectivity index (χ1v) is 13.1. The van der Waals surface area contributed by atoms with Crippen molar-refractivity contribution in [1.29, 1.82) is 0 Å². The van der Waals surface area contributed by atoms with Crippen LogP contribution in [0.1, 0.15) is 154 Å². The molecule has 1 rings (SSSR count). The van der Waals surface area contributed by atoms with Crippen molar-refractivity contribution in [3.8, 4) is 0 Å². The van der Waals surface area contributed by atoms with Gasteiger partial charge in [0.15, 0.2) is 0 Å². The maximum Gasteiger partial charge on any atom is 0.305 e. The van der Waals surface area contributed by atoms with Crippen LogP contribution in [-0.2, 0) is 9.53 Å². The predicted octanol–water partition coefficient (Wildman–Crippen LogP) is 8.91. The first-order chi connectivity index (χ1) is 13.9. The van der Waals surface area contributed by atoms with Crippen LogP contribution in [0.4, 0.5) is 0 Å².